The van der Waals surface area contributed by atoms with Crippen LogP contribution in [0.5, 0.6) is 5.75 Å². The Morgan fingerprint density at radius 2 is 1.94 bits per heavy atom. The summed E-state index contributed by atoms with van der Waals surface area (Å²) >= 11 is 4.18. The van der Waals surface area contributed by atoms with Crippen LogP contribution in [0.2, 0.25) is 0 Å². The average molecular weight is 246 g/mol. The zero-order valence-corrected chi connectivity index (χ0v) is 10.1. The summed E-state index contributed by atoms with van der Waals surface area (Å²) in [6.07, 6.45) is 1.95. The summed E-state index contributed by atoms with van der Waals surface area (Å²) in [6, 6.07) is 3.70. The molecule has 0 N–H and O–H groups in total. The molecule has 1 rings (SSSR count). The van der Waals surface area contributed by atoms with Gasteiger partial charge in [0.1, 0.15) is 0 Å². The first-order valence-electron chi connectivity index (χ1n) is 5.36. The minimum atomic E-state index is -0.658. The molecule has 0 bridgehead atoms. The first-order valence-corrected chi connectivity index (χ1v) is 6.00. The second kappa shape index (κ2) is 6.74. The summed E-state index contributed by atoms with van der Waals surface area (Å²) in [5, 5.41) is 0. The van der Waals surface area contributed by atoms with E-state index in [1.54, 1.807) is 0 Å². The van der Waals surface area contributed by atoms with Crippen LogP contribution in [-0.4, -0.2) is 12.4 Å². The highest BCUT2D eigenvalue weighted by atomic mass is 32.1. The third-order valence-electron chi connectivity index (χ3n) is 2.34. The first kappa shape index (κ1) is 13.3. The Labute approximate surface area is 100 Å². The molecule has 0 aliphatic rings. The van der Waals surface area contributed by atoms with E-state index >= 15 is 0 Å². The molecular formula is C12H16F2OS. The van der Waals surface area contributed by atoms with Crippen molar-refractivity contribution in [3.05, 3.63) is 29.8 Å². The highest BCUT2D eigenvalue weighted by molar-refractivity contribution is 7.80. The van der Waals surface area contributed by atoms with Crippen molar-refractivity contribution in [1.29, 1.82) is 0 Å². The van der Waals surface area contributed by atoms with Crippen LogP contribution in [0.1, 0.15) is 19.8 Å². The van der Waals surface area contributed by atoms with E-state index in [0.29, 0.717) is 12.4 Å². The molecule has 1 aromatic rings. The molecule has 0 heterocycles. The number of benzene rings is 1. The number of ether oxygens (including phenoxy) is 1. The van der Waals surface area contributed by atoms with Crippen LogP contribution in [-0.2, 0) is 0 Å². The van der Waals surface area contributed by atoms with E-state index in [9.17, 15) is 8.78 Å². The average Bonchev–Trinajstić information content (AvgIpc) is 2.27. The molecule has 16 heavy (non-hydrogen) atoms. The number of halogens is 2. The number of hydrogen-bond donors (Lipinski definition) is 1. The van der Waals surface area contributed by atoms with Gasteiger partial charge in [-0.25, -0.2) is 8.78 Å². The molecular weight excluding hydrogens is 230 g/mol. The zero-order chi connectivity index (χ0) is 12.0. The molecule has 0 fully saturated rings. The molecule has 0 aromatic heterocycles. The van der Waals surface area contributed by atoms with E-state index in [1.165, 1.54) is 18.2 Å². The molecule has 1 unspecified atom stereocenters. The molecule has 90 valence electrons. The van der Waals surface area contributed by atoms with E-state index in [2.05, 4.69) is 19.6 Å². The fraction of sp³-hybridized carbons (Fsp3) is 0.500. The molecule has 0 saturated carbocycles. The Kier molecular flexibility index (Phi) is 5.60. The Hall–Kier alpha value is -0.770. The standard InChI is InChI=1S/C12H16F2OS/c1-2-4-9(8-16)7-15-12-10(13)5-3-6-11(12)14/h3,5-6,9,16H,2,4,7-8H2,1H3. The maximum Gasteiger partial charge on any atom is 0.190 e. The molecule has 0 radical (unpaired) electrons. The maximum atomic E-state index is 13.2. The molecule has 0 aliphatic carbocycles. The van der Waals surface area contributed by atoms with Crippen LogP contribution in [0.15, 0.2) is 18.2 Å². The van der Waals surface area contributed by atoms with Gasteiger partial charge in [0.15, 0.2) is 17.4 Å². The Morgan fingerprint density at radius 3 is 2.44 bits per heavy atom. The number of thiol groups is 1. The lowest BCUT2D eigenvalue weighted by molar-refractivity contribution is 0.234. The monoisotopic (exact) mass is 246 g/mol. The minimum Gasteiger partial charge on any atom is -0.487 e. The Balaban J connectivity index is 2.59. The van der Waals surface area contributed by atoms with E-state index in [4.69, 9.17) is 4.74 Å². The van der Waals surface area contributed by atoms with Crippen molar-refractivity contribution in [1.82, 2.24) is 0 Å². The highest BCUT2D eigenvalue weighted by Gasteiger charge is 2.12. The maximum absolute atomic E-state index is 13.2. The van der Waals surface area contributed by atoms with Gasteiger partial charge < -0.3 is 4.74 Å². The topological polar surface area (TPSA) is 9.23 Å². The van der Waals surface area contributed by atoms with E-state index in [-0.39, 0.29) is 11.7 Å². The number of hydrogen-bond acceptors (Lipinski definition) is 2. The van der Waals surface area contributed by atoms with Crippen LogP contribution in [0.4, 0.5) is 8.78 Å². The van der Waals surface area contributed by atoms with E-state index in [0.717, 1.165) is 12.8 Å². The van der Waals surface area contributed by atoms with Crippen molar-refractivity contribution in [3.63, 3.8) is 0 Å². The summed E-state index contributed by atoms with van der Waals surface area (Å²) in [4.78, 5) is 0. The quantitative estimate of drug-likeness (QED) is 0.753. The van der Waals surface area contributed by atoms with Crippen LogP contribution < -0.4 is 4.74 Å². The molecule has 0 spiro atoms. The van der Waals surface area contributed by atoms with Gasteiger partial charge in [0.25, 0.3) is 0 Å². The summed E-state index contributed by atoms with van der Waals surface area (Å²) < 4.78 is 31.6. The van der Waals surface area contributed by atoms with Crippen molar-refractivity contribution in [2.75, 3.05) is 12.4 Å². The zero-order valence-electron chi connectivity index (χ0n) is 9.25. The van der Waals surface area contributed by atoms with Gasteiger partial charge in [-0.2, -0.15) is 12.6 Å². The van der Waals surface area contributed by atoms with E-state index in [1.807, 2.05) is 0 Å². The van der Waals surface area contributed by atoms with Gasteiger partial charge in [0.05, 0.1) is 6.61 Å². The molecule has 0 amide bonds. The second-order valence-corrected chi connectivity index (χ2v) is 4.06. The molecule has 4 heteroatoms. The predicted molar refractivity (Wildman–Crippen MR) is 64.1 cm³/mol. The van der Waals surface area contributed by atoms with Gasteiger partial charge in [0, 0.05) is 5.92 Å². The number of rotatable bonds is 6. The largest absolute Gasteiger partial charge is 0.487 e. The van der Waals surface area contributed by atoms with Gasteiger partial charge >= 0.3 is 0 Å². The van der Waals surface area contributed by atoms with Gasteiger partial charge in [0.2, 0.25) is 0 Å². The molecule has 1 atom stereocenters. The van der Waals surface area contributed by atoms with Crippen molar-refractivity contribution < 1.29 is 13.5 Å². The van der Waals surface area contributed by atoms with Crippen LogP contribution in [0.3, 0.4) is 0 Å². The van der Waals surface area contributed by atoms with E-state index < -0.39 is 11.6 Å². The molecule has 1 nitrogen and oxygen atoms in total. The SMILES string of the molecule is CCCC(CS)COc1c(F)cccc1F. The summed E-state index contributed by atoms with van der Waals surface area (Å²) in [5.74, 6) is -0.717. The smallest absolute Gasteiger partial charge is 0.190 e. The minimum absolute atomic E-state index is 0.229. The third-order valence-corrected chi connectivity index (χ3v) is 2.85. The predicted octanol–water partition coefficient (Wildman–Crippen LogP) is 3.69. The van der Waals surface area contributed by atoms with Gasteiger partial charge in [-0.05, 0) is 24.3 Å². The lowest BCUT2D eigenvalue weighted by Crippen LogP contribution is -2.14. The Bertz CT molecular complexity index is 311. The van der Waals surface area contributed by atoms with Crippen LogP contribution >= 0.6 is 12.6 Å². The fourth-order valence-corrected chi connectivity index (χ4v) is 1.75. The normalized spacial score (nSPS) is 12.5. The molecule has 1 aromatic carbocycles. The fourth-order valence-electron chi connectivity index (χ4n) is 1.46. The van der Waals surface area contributed by atoms with Crippen LogP contribution in [0, 0.1) is 17.6 Å². The summed E-state index contributed by atoms with van der Waals surface area (Å²) in [6.45, 7) is 2.36. The Morgan fingerprint density at radius 1 is 1.31 bits per heavy atom. The highest BCUT2D eigenvalue weighted by Crippen LogP contribution is 2.22. The van der Waals surface area contributed by atoms with Crippen molar-refractivity contribution >= 4 is 12.6 Å². The van der Waals surface area contributed by atoms with Gasteiger partial charge in [-0.1, -0.05) is 19.4 Å². The van der Waals surface area contributed by atoms with Crippen molar-refractivity contribution in [2.45, 2.75) is 19.8 Å². The molecule has 0 saturated heterocycles. The third kappa shape index (κ3) is 3.67. The lowest BCUT2D eigenvalue weighted by atomic mass is 10.1. The summed E-state index contributed by atoms with van der Waals surface area (Å²) in [5.41, 5.74) is 0. The second-order valence-electron chi connectivity index (χ2n) is 3.70. The van der Waals surface area contributed by atoms with Crippen LogP contribution in [0.25, 0.3) is 0 Å². The van der Waals surface area contributed by atoms with Crippen molar-refractivity contribution in [2.24, 2.45) is 5.92 Å². The summed E-state index contributed by atoms with van der Waals surface area (Å²) in [7, 11) is 0. The lowest BCUT2D eigenvalue weighted by Gasteiger charge is -2.15. The van der Waals surface area contributed by atoms with Gasteiger partial charge in [-0.15, -0.1) is 0 Å². The van der Waals surface area contributed by atoms with Crippen molar-refractivity contribution in [3.8, 4) is 5.75 Å². The number of para-hydroxylation sites is 1. The molecule has 0 aliphatic heterocycles. The van der Waals surface area contributed by atoms with Gasteiger partial charge in [-0.3, -0.25) is 0 Å². The first-order chi connectivity index (χ1) is 7.69.